The van der Waals surface area contributed by atoms with Crippen molar-refractivity contribution in [1.82, 2.24) is 9.78 Å². The van der Waals surface area contributed by atoms with E-state index in [0.717, 1.165) is 0 Å². The Morgan fingerprint density at radius 3 is 3.08 bits per heavy atom. The van der Waals surface area contributed by atoms with Crippen molar-refractivity contribution >= 4 is 5.82 Å². The van der Waals surface area contributed by atoms with E-state index < -0.39 is 0 Å². The summed E-state index contributed by atoms with van der Waals surface area (Å²) in [6, 6.07) is 0.590. The minimum Gasteiger partial charge on any atom is -0.368 e. The second kappa shape index (κ2) is 2.51. The zero-order chi connectivity index (χ0) is 8.72. The number of fused-ring (bicyclic) bond motifs is 1. The molecule has 0 fully saturated rings. The van der Waals surface area contributed by atoms with Crippen LogP contribution in [0.1, 0.15) is 24.6 Å². The van der Waals surface area contributed by atoms with Crippen molar-refractivity contribution in [3.63, 3.8) is 0 Å². The molecule has 1 atom stereocenters. The molecule has 0 radical (unpaired) electrons. The van der Waals surface area contributed by atoms with Crippen molar-refractivity contribution < 1.29 is 0 Å². The number of rotatable bonds is 0. The molecule has 0 aromatic carbocycles. The minimum absolute atomic E-state index is 0.590. The van der Waals surface area contributed by atoms with Gasteiger partial charge in [-0.15, -0.1) is 0 Å². The summed E-state index contributed by atoms with van der Waals surface area (Å²) < 4.78 is 1.94. The van der Waals surface area contributed by atoms with Gasteiger partial charge in [-0.2, -0.15) is 5.10 Å². The Morgan fingerprint density at radius 1 is 1.58 bits per heavy atom. The molecule has 3 nitrogen and oxygen atoms in total. The molecule has 0 bridgehead atoms. The van der Waals surface area contributed by atoms with Gasteiger partial charge in [-0.05, 0) is 26.7 Å². The molecule has 1 aromatic heterocycles. The van der Waals surface area contributed by atoms with E-state index in [-0.39, 0.29) is 0 Å². The van der Waals surface area contributed by atoms with Crippen molar-refractivity contribution in [2.75, 3.05) is 5.32 Å². The summed E-state index contributed by atoms with van der Waals surface area (Å²) in [6.45, 7) is 4.29. The van der Waals surface area contributed by atoms with E-state index in [1.54, 1.807) is 0 Å². The van der Waals surface area contributed by atoms with Crippen molar-refractivity contribution in [3.05, 3.63) is 11.3 Å². The SMILES string of the molecule is Cc1nn(C)c2c1CCC(C)N2. The Morgan fingerprint density at radius 2 is 2.33 bits per heavy atom. The van der Waals surface area contributed by atoms with Crippen LogP contribution in [0.15, 0.2) is 0 Å². The van der Waals surface area contributed by atoms with Crippen LogP contribution in [0, 0.1) is 6.92 Å². The van der Waals surface area contributed by atoms with Crippen LogP contribution in [0.5, 0.6) is 0 Å². The van der Waals surface area contributed by atoms with Gasteiger partial charge in [0.1, 0.15) is 5.82 Å². The fraction of sp³-hybridized carbons (Fsp3) is 0.667. The average Bonchev–Trinajstić information content (AvgIpc) is 2.28. The minimum atomic E-state index is 0.590. The molecule has 12 heavy (non-hydrogen) atoms. The number of hydrogen-bond acceptors (Lipinski definition) is 2. The van der Waals surface area contributed by atoms with E-state index >= 15 is 0 Å². The quantitative estimate of drug-likeness (QED) is 0.631. The summed E-state index contributed by atoms with van der Waals surface area (Å²) in [7, 11) is 2.00. The lowest BCUT2D eigenvalue weighted by molar-refractivity contribution is 0.660. The van der Waals surface area contributed by atoms with Crippen LogP contribution in [0.3, 0.4) is 0 Å². The summed E-state index contributed by atoms with van der Waals surface area (Å²) in [5.41, 5.74) is 2.57. The molecule has 2 rings (SSSR count). The monoisotopic (exact) mass is 165 g/mol. The molecule has 1 aromatic rings. The van der Waals surface area contributed by atoms with Gasteiger partial charge in [0.25, 0.3) is 0 Å². The van der Waals surface area contributed by atoms with Gasteiger partial charge in [0.05, 0.1) is 5.69 Å². The second-order valence-corrected chi connectivity index (χ2v) is 3.62. The zero-order valence-corrected chi connectivity index (χ0v) is 7.89. The summed E-state index contributed by atoms with van der Waals surface area (Å²) in [6.07, 6.45) is 2.39. The van der Waals surface area contributed by atoms with Crippen LogP contribution >= 0.6 is 0 Å². The average molecular weight is 165 g/mol. The molecule has 1 N–H and O–H groups in total. The molecule has 0 saturated heterocycles. The van der Waals surface area contributed by atoms with E-state index in [9.17, 15) is 0 Å². The lowest BCUT2D eigenvalue weighted by Crippen LogP contribution is -2.23. The van der Waals surface area contributed by atoms with Crippen molar-refractivity contribution in [2.45, 2.75) is 32.7 Å². The maximum absolute atomic E-state index is 4.38. The maximum Gasteiger partial charge on any atom is 0.127 e. The molecule has 66 valence electrons. The van der Waals surface area contributed by atoms with Gasteiger partial charge in [-0.1, -0.05) is 0 Å². The van der Waals surface area contributed by atoms with Gasteiger partial charge in [-0.3, -0.25) is 4.68 Å². The smallest absolute Gasteiger partial charge is 0.127 e. The molecule has 0 amide bonds. The Balaban J connectivity index is 2.45. The summed E-state index contributed by atoms with van der Waals surface area (Å²) in [4.78, 5) is 0. The molecule has 0 aliphatic carbocycles. The number of anilines is 1. The van der Waals surface area contributed by atoms with Gasteiger partial charge >= 0.3 is 0 Å². The highest BCUT2D eigenvalue weighted by Gasteiger charge is 2.19. The van der Waals surface area contributed by atoms with Crippen LogP contribution < -0.4 is 5.32 Å². The largest absolute Gasteiger partial charge is 0.368 e. The third kappa shape index (κ3) is 1.00. The first-order valence-electron chi connectivity index (χ1n) is 4.47. The van der Waals surface area contributed by atoms with Gasteiger partial charge in [-0.25, -0.2) is 0 Å². The van der Waals surface area contributed by atoms with Crippen molar-refractivity contribution in [2.24, 2.45) is 7.05 Å². The van der Waals surface area contributed by atoms with Gasteiger partial charge < -0.3 is 5.32 Å². The third-order valence-corrected chi connectivity index (χ3v) is 2.56. The van der Waals surface area contributed by atoms with Crippen LogP contribution in [0.2, 0.25) is 0 Å². The molecule has 1 aliphatic rings. The van der Waals surface area contributed by atoms with Gasteiger partial charge in [0.15, 0.2) is 0 Å². The van der Waals surface area contributed by atoms with E-state index in [4.69, 9.17) is 0 Å². The molecule has 1 aliphatic heterocycles. The standard InChI is InChI=1S/C9H15N3/c1-6-4-5-8-7(2)11-12(3)9(8)10-6/h6,10H,4-5H2,1-3H3. The predicted molar refractivity (Wildman–Crippen MR) is 49.4 cm³/mol. The number of nitrogens with zero attached hydrogens (tertiary/aromatic N) is 2. The Hall–Kier alpha value is -0.990. The molecule has 2 heterocycles. The van der Waals surface area contributed by atoms with Crippen LogP contribution in [-0.4, -0.2) is 15.8 Å². The lowest BCUT2D eigenvalue weighted by atomic mass is 10.0. The molecule has 3 heteroatoms. The van der Waals surface area contributed by atoms with E-state index in [2.05, 4.69) is 24.3 Å². The van der Waals surface area contributed by atoms with Crippen LogP contribution in [0.4, 0.5) is 5.82 Å². The van der Waals surface area contributed by atoms with Crippen molar-refractivity contribution in [3.8, 4) is 0 Å². The second-order valence-electron chi connectivity index (χ2n) is 3.62. The highest BCUT2D eigenvalue weighted by molar-refractivity contribution is 5.50. The Bertz CT molecular complexity index is 301. The first kappa shape index (κ1) is 7.65. The van der Waals surface area contributed by atoms with E-state index in [0.29, 0.717) is 6.04 Å². The molecule has 1 unspecified atom stereocenters. The Labute approximate surface area is 72.8 Å². The topological polar surface area (TPSA) is 29.9 Å². The first-order chi connectivity index (χ1) is 5.68. The highest BCUT2D eigenvalue weighted by Crippen LogP contribution is 2.26. The molecular formula is C9H15N3. The van der Waals surface area contributed by atoms with E-state index in [1.807, 2.05) is 11.7 Å². The Kier molecular flexibility index (Phi) is 1.60. The fourth-order valence-corrected chi connectivity index (χ4v) is 1.85. The van der Waals surface area contributed by atoms with E-state index in [1.165, 1.54) is 29.9 Å². The maximum atomic E-state index is 4.38. The van der Waals surface area contributed by atoms with Crippen LogP contribution in [0.25, 0.3) is 0 Å². The molecule has 0 saturated carbocycles. The lowest BCUT2D eigenvalue weighted by Gasteiger charge is -2.21. The predicted octanol–water partition coefficient (Wildman–Crippen LogP) is 1.48. The number of aromatic nitrogens is 2. The number of nitrogens with one attached hydrogen (secondary N) is 1. The summed E-state index contributed by atoms with van der Waals surface area (Å²) in [5.74, 6) is 1.21. The molecule has 0 spiro atoms. The van der Waals surface area contributed by atoms with Crippen LogP contribution in [-0.2, 0) is 13.5 Å². The fourth-order valence-electron chi connectivity index (χ4n) is 1.85. The summed E-state index contributed by atoms with van der Waals surface area (Å²) in [5, 5.41) is 7.83. The third-order valence-electron chi connectivity index (χ3n) is 2.56. The van der Waals surface area contributed by atoms with Gasteiger partial charge in [0.2, 0.25) is 0 Å². The number of aryl methyl sites for hydroxylation is 2. The first-order valence-corrected chi connectivity index (χ1v) is 4.47. The normalized spacial score (nSPS) is 21.8. The highest BCUT2D eigenvalue weighted by atomic mass is 15.3. The summed E-state index contributed by atoms with van der Waals surface area (Å²) >= 11 is 0. The molecular weight excluding hydrogens is 150 g/mol. The number of hydrogen-bond donors (Lipinski definition) is 1. The zero-order valence-electron chi connectivity index (χ0n) is 7.89. The van der Waals surface area contributed by atoms with Crippen molar-refractivity contribution in [1.29, 1.82) is 0 Å². The van der Waals surface area contributed by atoms with Gasteiger partial charge in [0, 0.05) is 18.7 Å².